The molecular weight excluding hydrogens is 365 g/mol. The van der Waals surface area contributed by atoms with Crippen LogP contribution >= 0.6 is 34.8 Å². The Hall–Kier alpha value is -2.02. The number of nitrogens with zero attached hydrogens (tertiary/aromatic N) is 1. The predicted molar refractivity (Wildman–Crippen MR) is 87.5 cm³/mol. The summed E-state index contributed by atoms with van der Waals surface area (Å²) < 4.78 is 5.10. The molecule has 4 N–H and O–H groups in total. The molecule has 23 heavy (non-hydrogen) atoms. The maximum atomic E-state index is 12.2. The van der Waals surface area contributed by atoms with Gasteiger partial charge in [-0.3, -0.25) is 4.79 Å². The Morgan fingerprint density at radius 1 is 1.09 bits per heavy atom. The lowest BCUT2D eigenvalue weighted by molar-refractivity contribution is -0.127. The zero-order valence-corrected chi connectivity index (χ0v) is 13.7. The summed E-state index contributed by atoms with van der Waals surface area (Å²) in [5, 5.41) is -0.515. The van der Waals surface area contributed by atoms with Crippen molar-refractivity contribution in [1.82, 2.24) is 4.98 Å². The van der Waals surface area contributed by atoms with Crippen molar-refractivity contribution in [2.75, 3.05) is 5.73 Å². The average molecular weight is 375 g/mol. The van der Waals surface area contributed by atoms with Gasteiger partial charge in [0.2, 0.25) is 6.10 Å². The molecule has 2 rings (SSSR count). The van der Waals surface area contributed by atoms with Crippen molar-refractivity contribution in [2.45, 2.75) is 6.10 Å². The molecule has 0 aliphatic carbocycles. The molecule has 0 aliphatic heterocycles. The van der Waals surface area contributed by atoms with Crippen LogP contribution in [0.5, 0.6) is 0 Å². The topological polar surface area (TPSA) is 108 Å². The lowest BCUT2D eigenvalue weighted by atomic mass is 10.1. The number of carbonyl (C=O) groups excluding carboxylic acids is 2. The van der Waals surface area contributed by atoms with Crippen LogP contribution in [0.15, 0.2) is 30.3 Å². The van der Waals surface area contributed by atoms with Gasteiger partial charge in [0.05, 0.1) is 10.7 Å². The van der Waals surface area contributed by atoms with Crippen LogP contribution in [0.3, 0.4) is 0 Å². The van der Waals surface area contributed by atoms with Gasteiger partial charge < -0.3 is 16.2 Å². The van der Waals surface area contributed by atoms with Crippen LogP contribution in [0.1, 0.15) is 22.2 Å². The first-order valence-electron chi connectivity index (χ1n) is 6.18. The minimum atomic E-state index is -1.31. The summed E-state index contributed by atoms with van der Waals surface area (Å²) in [4.78, 5) is 27.5. The zero-order chi connectivity index (χ0) is 17.1. The van der Waals surface area contributed by atoms with Crippen molar-refractivity contribution in [2.24, 2.45) is 5.73 Å². The molecule has 0 saturated heterocycles. The number of nitrogen functional groups attached to an aromatic ring is 1. The van der Waals surface area contributed by atoms with Gasteiger partial charge >= 0.3 is 5.97 Å². The van der Waals surface area contributed by atoms with Crippen LogP contribution in [0.2, 0.25) is 15.2 Å². The standard InChI is InChI=1S/C14H10Cl3N3O3/c15-7-9(18)8(16)12(17)20-10(7)14(22)23-11(13(19)21)6-4-2-1-3-5-6/h1-5,11H,(H2,18,20)(H2,19,21). The smallest absolute Gasteiger partial charge is 0.359 e. The Bertz CT molecular complexity index is 769. The van der Waals surface area contributed by atoms with Gasteiger partial charge in [0, 0.05) is 5.56 Å². The van der Waals surface area contributed by atoms with Gasteiger partial charge in [-0.15, -0.1) is 0 Å². The van der Waals surface area contributed by atoms with E-state index >= 15 is 0 Å². The van der Waals surface area contributed by atoms with Gasteiger partial charge in [0.1, 0.15) is 5.02 Å². The van der Waals surface area contributed by atoms with E-state index in [1.54, 1.807) is 30.3 Å². The number of nitrogens with two attached hydrogens (primary N) is 2. The van der Waals surface area contributed by atoms with Crippen molar-refractivity contribution in [3.8, 4) is 0 Å². The summed E-state index contributed by atoms with van der Waals surface area (Å²) in [6.07, 6.45) is -1.31. The lowest BCUT2D eigenvalue weighted by Crippen LogP contribution is -2.26. The van der Waals surface area contributed by atoms with Gasteiger partial charge in [-0.05, 0) is 0 Å². The van der Waals surface area contributed by atoms with E-state index in [1.807, 2.05) is 0 Å². The van der Waals surface area contributed by atoms with Gasteiger partial charge in [0.15, 0.2) is 10.8 Å². The zero-order valence-electron chi connectivity index (χ0n) is 11.4. The van der Waals surface area contributed by atoms with Gasteiger partial charge in [-0.1, -0.05) is 65.1 Å². The first-order chi connectivity index (χ1) is 10.8. The van der Waals surface area contributed by atoms with Gasteiger partial charge in [-0.2, -0.15) is 0 Å². The number of rotatable bonds is 4. The molecule has 1 unspecified atom stereocenters. The summed E-state index contributed by atoms with van der Waals surface area (Å²) in [6.45, 7) is 0. The maximum Gasteiger partial charge on any atom is 0.359 e. The van der Waals surface area contributed by atoms with Crippen molar-refractivity contribution in [1.29, 1.82) is 0 Å². The van der Waals surface area contributed by atoms with Crippen LogP contribution in [0.4, 0.5) is 5.69 Å². The second-order valence-corrected chi connectivity index (χ2v) is 5.51. The van der Waals surface area contributed by atoms with E-state index in [4.69, 9.17) is 51.0 Å². The molecule has 0 radical (unpaired) electrons. The first kappa shape index (κ1) is 17.3. The minimum absolute atomic E-state index is 0.0808. The Labute approximate surface area is 146 Å². The fourth-order valence-electron chi connectivity index (χ4n) is 1.75. The molecule has 2 aromatic rings. The number of hydrogen-bond donors (Lipinski definition) is 2. The highest BCUT2D eigenvalue weighted by Gasteiger charge is 2.27. The molecule has 1 amide bonds. The van der Waals surface area contributed by atoms with Crippen LogP contribution in [-0.2, 0) is 9.53 Å². The number of carbonyl (C=O) groups is 2. The second-order valence-electron chi connectivity index (χ2n) is 4.39. The third-order valence-electron chi connectivity index (χ3n) is 2.85. The average Bonchev–Trinajstić information content (AvgIpc) is 2.54. The van der Waals surface area contributed by atoms with E-state index < -0.39 is 18.0 Å². The van der Waals surface area contributed by atoms with E-state index in [1.165, 1.54) is 0 Å². The van der Waals surface area contributed by atoms with E-state index in [0.29, 0.717) is 5.56 Å². The maximum absolute atomic E-state index is 12.2. The van der Waals surface area contributed by atoms with Crippen LogP contribution in [-0.4, -0.2) is 16.9 Å². The van der Waals surface area contributed by atoms with Crippen molar-refractivity contribution in [3.05, 3.63) is 56.8 Å². The molecule has 0 fully saturated rings. The number of halogens is 3. The fraction of sp³-hybridized carbons (Fsp3) is 0.0714. The van der Waals surface area contributed by atoms with Gasteiger partial charge in [0.25, 0.3) is 5.91 Å². The lowest BCUT2D eigenvalue weighted by Gasteiger charge is -2.16. The molecule has 0 spiro atoms. The molecule has 1 atom stereocenters. The predicted octanol–water partition coefficient (Wildman–Crippen LogP) is 3.01. The summed E-state index contributed by atoms with van der Waals surface area (Å²) in [5.41, 5.74) is 10.8. The Morgan fingerprint density at radius 2 is 1.70 bits per heavy atom. The third kappa shape index (κ3) is 3.67. The number of esters is 1. The number of anilines is 1. The molecule has 0 aliphatic rings. The number of aromatic nitrogens is 1. The normalized spacial score (nSPS) is 11.8. The number of hydrogen-bond acceptors (Lipinski definition) is 5. The molecule has 6 nitrogen and oxygen atoms in total. The Kier molecular flexibility index (Phi) is 5.30. The minimum Gasteiger partial charge on any atom is -0.443 e. The van der Waals surface area contributed by atoms with Crippen molar-refractivity contribution in [3.63, 3.8) is 0 Å². The highest BCUT2D eigenvalue weighted by molar-refractivity contribution is 6.46. The Balaban J connectivity index is 2.36. The largest absolute Gasteiger partial charge is 0.443 e. The van der Waals surface area contributed by atoms with Crippen LogP contribution in [0.25, 0.3) is 0 Å². The van der Waals surface area contributed by atoms with E-state index in [9.17, 15) is 9.59 Å². The second kappa shape index (κ2) is 7.04. The van der Waals surface area contributed by atoms with Crippen LogP contribution < -0.4 is 11.5 Å². The summed E-state index contributed by atoms with van der Waals surface area (Å²) in [5.74, 6) is -1.86. The monoisotopic (exact) mass is 373 g/mol. The molecule has 0 bridgehead atoms. The van der Waals surface area contributed by atoms with Crippen molar-refractivity contribution < 1.29 is 14.3 Å². The summed E-state index contributed by atoms with van der Waals surface area (Å²) in [6, 6.07) is 8.24. The van der Waals surface area contributed by atoms with Crippen LogP contribution in [0, 0.1) is 0 Å². The molecular formula is C14H10Cl3N3O3. The molecule has 120 valence electrons. The summed E-state index contributed by atoms with van der Waals surface area (Å²) in [7, 11) is 0. The summed E-state index contributed by atoms with van der Waals surface area (Å²) >= 11 is 17.5. The molecule has 0 saturated carbocycles. The highest BCUT2D eigenvalue weighted by atomic mass is 35.5. The highest BCUT2D eigenvalue weighted by Crippen LogP contribution is 2.35. The molecule has 1 aromatic carbocycles. The van der Waals surface area contributed by atoms with E-state index in [2.05, 4.69) is 4.98 Å². The molecule has 1 aromatic heterocycles. The number of benzene rings is 1. The molecule has 9 heteroatoms. The van der Waals surface area contributed by atoms with E-state index in [0.717, 1.165) is 0 Å². The number of primary amides is 1. The number of amides is 1. The number of ether oxygens (including phenoxy) is 1. The van der Waals surface area contributed by atoms with Gasteiger partial charge in [-0.25, -0.2) is 9.78 Å². The van der Waals surface area contributed by atoms with E-state index in [-0.39, 0.29) is 26.6 Å². The molecule has 1 heterocycles. The quantitative estimate of drug-likeness (QED) is 0.631. The van der Waals surface area contributed by atoms with Crippen molar-refractivity contribution >= 4 is 52.4 Å². The third-order valence-corrected chi connectivity index (χ3v) is 3.99. The number of pyridine rings is 1. The SMILES string of the molecule is NC(=O)C(OC(=O)c1nc(Cl)c(Cl)c(N)c1Cl)c1ccccc1. The Morgan fingerprint density at radius 3 is 2.26 bits per heavy atom. The fourth-order valence-corrected chi connectivity index (χ4v) is 2.33. The first-order valence-corrected chi connectivity index (χ1v) is 7.31.